The first-order chi connectivity index (χ1) is 31.3. The lowest BCUT2D eigenvalue weighted by Crippen LogP contribution is -2.59. The predicted octanol–water partition coefficient (Wildman–Crippen LogP) is 1.24. The Morgan fingerprint density at radius 3 is 1.49 bits per heavy atom. The van der Waals surface area contributed by atoms with E-state index in [1.807, 2.05) is 55.5 Å². The second-order valence-corrected chi connectivity index (χ2v) is 16.4. The zero-order valence-electron chi connectivity index (χ0n) is 37.5. The minimum absolute atomic E-state index is 0.00326. The van der Waals surface area contributed by atoms with E-state index in [2.05, 4.69) is 41.5 Å². The van der Waals surface area contributed by atoms with Crippen molar-refractivity contribution in [2.45, 2.75) is 127 Å². The summed E-state index contributed by atoms with van der Waals surface area (Å²) in [5.41, 5.74) is 31.3. The van der Waals surface area contributed by atoms with Crippen LogP contribution in [-0.2, 0) is 41.6 Å². The predicted molar refractivity (Wildman–Crippen MR) is 253 cm³/mol. The molecule has 19 heteroatoms. The van der Waals surface area contributed by atoms with Crippen LogP contribution in [0.1, 0.15) is 95.1 Å². The van der Waals surface area contributed by atoms with Crippen molar-refractivity contribution in [3.8, 4) is 0 Å². The summed E-state index contributed by atoms with van der Waals surface area (Å²) in [5.74, 6) is -3.71. The van der Waals surface area contributed by atoms with Crippen molar-refractivity contribution in [3.63, 3.8) is 0 Å². The Bertz CT molecular complexity index is 2200. The first-order valence-electron chi connectivity index (χ1n) is 22.7. The van der Waals surface area contributed by atoms with E-state index in [4.69, 9.17) is 28.7 Å². The molecule has 0 saturated heterocycles. The Balaban J connectivity index is 1.66. The number of carbonyl (C=O) groups is 6. The minimum atomic E-state index is -1.26. The number of hydrogen-bond acceptors (Lipinski definition) is 9. The number of nitrogens with zero attached hydrogens (tertiary/aromatic N) is 1. The van der Waals surface area contributed by atoms with E-state index in [0.717, 1.165) is 40.2 Å². The van der Waals surface area contributed by atoms with Gasteiger partial charge in [0, 0.05) is 60.0 Å². The number of aliphatic imine (C=N–C) groups is 1. The highest BCUT2D eigenvalue weighted by Gasteiger charge is 2.33. The van der Waals surface area contributed by atoms with Crippen molar-refractivity contribution in [2.75, 3.05) is 19.6 Å². The molecule has 354 valence electrons. The van der Waals surface area contributed by atoms with Crippen LogP contribution >= 0.6 is 0 Å². The van der Waals surface area contributed by atoms with Gasteiger partial charge in [0.05, 0.1) is 0 Å². The fraction of sp³-hybridized carbons (Fsp3) is 0.500. The molecule has 0 radical (unpaired) electrons. The van der Waals surface area contributed by atoms with Gasteiger partial charge in [0.25, 0.3) is 0 Å². The van der Waals surface area contributed by atoms with Crippen molar-refractivity contribution in [2.24, 2.45) is 33.7 Å². The lowest BCUT2D eigenvalue weighted by Gasteiger charge is -2.27. The highest BCUT2D eigenvalue weighted by molar-refractivity contribution is 5.97. The molecule has 19 nitrogen and oxygen atoms in total. The molecule has 6 amide bonds. The summed E-state index contributed by atoms with van der Waals surface area (Å²) in [7, 11) is 0. The molecule has 2 heterocycles. The van der Waals surface area contributed by atoms with Gasteiger partial charge in [-0.05, 0) is 94.1 Å². The summed E-state index contributed by atoms with van der Waals surface area (Å²) in [5, 5.41) is 15.8. The van der Waals surface area contributed by atoms with Gasteiger partial charge in [0.1, 0.15) is 30.2 Å². The van der Waals surface area contributed by atoms with Crippen molar-refractivity contribution in [1.82, 2.24) is 36.6 Å². The molecule has 0 aliphatic rings. The highest BCUT2D eigenvalue weighted by atomic mass is 16.2. The van der Waals surface area contributed by atoms with Crippen molar-refractivity contribution < 1.29 is 28.8 Å². The summed E-state index contributed by atoms with van der Waals surface area (Å²) >= 11 is 0. The molecule has 0 bridgehead atoms. The number of aromatic amines is 2. The third-order valence-corrected chi connectivity index (χ3v) is 11.3. The van der Waals surface area contributed by atoms with Gasteiger partial charge < -0.3 is 65.2 Å². The van der Waals surface area contributed by atoms with E-state index in [-0.39, 0.29) is 56.9 Å². The summed E-state index contributed by atoms with van der Waals surface area (Å²) in [6, 6.07) is 9.36. The van der Waals surface area contributed by atoms with Crippen LogP contribution in [0.2, 0.25) is 0 Å². The maximum atomic E-state index is 14.7. The number of hydrogen-bond donors (Lipinski definition) is 12. The van der Waals surface area contributed by atoms with Crippen LogP contribution < -0.4 is 55.3 Å². The molecule has 0 aliphatic carbocycles. The van der Waals surface area contributed by atoms with Crippen molar-refractivity contribution >= 4 is 63.2 Å². The molecule has 0 fully saturated rings. The lowest BCUT2D eigenvalue weighted by molar-refractivity contribution is -0.135. The van der Waals surface area contributed by atoms with Gasteiger partial charge in [-0.25, -0.2) is 0 Å². The molecular formula is C46H69N13O6. The maximum absolute atomic E-state index is 14.7. The normalized spacial score (nSPS) is 13.5. The molecule has 4 aromatic rings. The number of nitrogens with one attached hydrogen (secondary N) is 7. The van der Waals surface area contributed by atoms with Gasteiger partial charge in [-0.1, -0.05) is 56.2 Å². The Hall–Kier alpha value is -6.47. The van der Waals surface area contributed by atoms with Crippen LogP contribution in [0.4, 0.5) is 0 Å². The highest BCUT2D eigenvalue weighted by Crippen LogP contribution is 2.22. The zero-order valence-corrected chi connectivity index (χ0v) is 37.5. The van der Waals surface area contributed by atoms with Crippen LogP contribution in [-0.4, -0.2) is 101 Å². The number of H-pyrrole nitrogens is 2. The lowest BCUT2D eigenvalue weighted by atomic mass is 10.00. The van der Waals surface area contributed by atoms with E-state index in [9.17, 15) is 28.8 Å². The Kier molecular flexibility index (Phi) is 21.2. The van der Waals surface area contributed by atoms with Crippen molar-refractivity contribution in [3.05, 3.63) is 72.1 Å². The molecule has 0 aliphatic heterocycles. The number of carbonyl (C=O) groups excluding carboxylic acids is 6. The van der Waals surface area contributed by atoms with Gasteiger partial charge >= 0.3 is 0 Å². The summed E-state index contributed by atoms with van der Waals surface area (Å²) < 4.78 is 0. The van der Waals surface area contributed by atoms with Gasteiger partial charge in [-0.2, -0.15) is 0 Å². The van der Waals surface area contributed by atoms with E-state index >= 15 is 0 Å². The third kappa shape index (κ3) is 16.6. The second kappa shape index (κ2) is 27.0. The van der Waals surface area contributed by atoms with Crippen molar-refractivity contribution in [1.29, 1.82) is 0 Å². The molecule has 0 spiro atoms. The van der Waals surface area contributed by atoms with E-state index < -0.39 is 59.7 Å². The van der Waals surface area contributed by atoms with E-state index in [1.54, 1.807) is 12.4 Å². The first-order valence-corrected chi connectivity index (χ1v) is 22.7. The number of benzene rings is 2. The third-order valence-electron chi connectivity index (χ3n) is 11.3. The van der Waals surface area contributed by atoms with Gasteiger partial charge in [0.2, 0.25) is 35.4 Å². The van der Waals surface area contributed by atoms with Gasteiger partial charge in [-0.15, -0.1) is 0 Å². The standard InChI is InChI=1S/C46H69N13O6/c1-2-3-4-21-40(60)55-36(20-13-24-52-46(50)51)42(62)57-37(19-10-12-23-48)43(63)58-39(26-30-28-54-34-17-8-6-15-32(30)34)45(65)59-38(25-29-27-53-33-16-7-5-14-31(29)33)44(64)56-35(41(49)61)18-9-11-22-47/h5-8,14-17,27-28,35-39,53-54H,2-4,9-13,18-26,47-48H2,1H3,(H2,49,61)(H,55,60)(H,56,64)(H,57,62)(H,58,63)(H,59,65)(H4,50,51,52)/t35-,36-,37-,38-,39-/m0/s1. The molecule has 17 N–H and O–H groups in total. The zero-order chi connectivity index (χ0) is 47.1. The van der Waals surface area contributed by atoms with E-state index in [0.29, 0.717) is 57.2 Å². The SMILES string of the molecule is CCCCCC(=O)N[C@@H](CCCN=C(N)N)C(=O)N[C@@H](CCCCN)C(=O)N[C@@H](Cc1c[nH]c2ccccc12)C(=O)N[C@@H](Cc1c[nH]c2ccccc12)C(=O)N[C@@H](CCCCN)C(N)=O. The fourth-order valence-electron chi connectivity index (χ4n) is 7.66. The molecule has 0 saturated carbocycles. The summed E-state index contributed by atoms with van der Waals surface area (Å²) in [6.45, 7) is 2.99. The molecule has 2 aromatic heterocycles. The average molecular weight is 900 g/mol. The summed E-state index contributed by atoms with van der Waals surface area (Å²) in [4.78, 5) is 93.3. The number of fused-ring (bicyclic) bond motifs is 2. The number of aromatic nitrogens is 2. The smallest absolute Gasteiger partial charge is 0.243 e. The number of guanidine groups is 1. The van der Waals surface area contributed by atoms with Crippen LogP contribution in [0.15, 0.2) is 65.9 Å². The molecule has 65 heavy (non-hydrogen) atoms. The van der Waals surface area contributed by atoms with Crippen LogP contribution in [0.3, 0.4) is 0 Å². The monoisotopic (exact) mass is 900 g/mol. The fourth-order valence-corrected chi connectivity index (χ4v) is 7.66. The van der Waals surface area contributed by atoms with Crippen LogP contribution in [0.5, 0.6) is 0 Å². The molecular weight excluding hydrogens is 831 g/mol. The molecule has 4 rings (SSSR count). The number of para-hydroxylation sites is 2. The summed E-state index contributed by atoms with van der Waals surface area (Å²) in [6.07, 6.45) is 9.33. The number of primary amides is 1. The quantitative estimate of drug-likeness (QED) is 0.0202. The van der Waals surface area contributed by atoms with Crippen LogP contribution in [0, 0.1) is 0 Å². The largest absolute Gasteiger partial charge is 0.370 e. The topological polar surface area (TPSA) is 337 Å². The van der Waals surface area contributed by atoms with Gasteiger partial charge in [-0.3, -0.25) is 33.8 Å². The first kappa shape index (κ1) is 51.2. The molecule has 2 aromatic carbocycles. The van der Waals surface area contributed by atoms with Crippen LogP contribution in [0.25, 0.3) is 21.8 Å². The van der Waals surface area contributed by atoms with Gasteiger partial charge in [0.15, 0.2) is 5.96 Å². The Morgan fingerprint density at radius 2 is 1.00 bits per heavy atom. The van der Waals surface area contributed by atoms with E-state index in [1.165, 1.54) is 0 Å². The Morgan fingerprint density at radius 1 is 0.554 bits per heavy atom. The molecule has 5 atom stereocenters. The number of amides is 6. The molecule has 0 unspecified atom stereocenters. The number of rotatable bonds is 30. The average Bonchev–Trinajstić information content (AvgIpc) is 3.89. The second-order valence-electron chi connectivity index (χ2n) is 16.4. The maximum Gasteiger partial charge on any atom is 0.243 e. The Labute approximate surface area is 380 Å². The minimum Gasteiger partial charge on any atom is -0.370 e. The number of nitrogens with two attached hydrogens (primary N) is 5. The number of unbranched alkanes of at least 4 members (excludes halogenated alkanes) is 4.